The number of amides is 1. The molecule has 1 fully saturated rings. The number of nitrogens with zero attached hydrogens (tertiary/aromatic N) is 3. The third-order valence-corrected chi connectivity index (χ3v) is 2.70. The zero-order valence-electron chi connectivity index (χ0n) is 9.63. The maximum absolute atomic E-state index is 11.6. The van der Waals surface area contributed by atoms with Crippen molar-refractivity contribution >= 4 is 18.3 Å². The molecule has 1 aliphatic rings. The largest absolute Gasteiger partial charge is 0.352 e. The molecule has 6 nitrogen and oxygen atoms in total. The molecule has 1 atom stereocenters. The Morgan fingerprint density at radius 1 is 1.59 bits per heavy atom. The number of rotatable bonds is 4. The summed E-state index contributed by atoms with van der Waals surface area (Å²) in [5.41, 5.74) is 0. The van der Waals surface area contributed by atoms with Crippen molar-refractivity contribution in [1.29, 1.82) is 0 Å². The first-order valence-corrected chi connectivity index (χ1v) is 5.69. The lowest BCUT2D eigenvalue weighted by molar-refractivity contribution is -0.122. The molecule has 17 heavy (non-hydrogen) atoms. The molecule has 0 radical (unpaired) electrons. The second-order valence-electron chi connectivity index (χ2n) is 4.03. The average molecular weight is 260 g/mol. The smallest absolute Gasteiger partial charge is 0.222 e. The van der Waals surface area contributed by atoms with E-state index in [1.165, 1.54) is 0 Å². The van der Waals surface area contributed by atoms with Gasteiger partial charge in [-0.15, -0.1) is 17.5 Å². The minimum atomic E-state index is 0. The lowest BCUT2D eigenvalue weighted by Gasteiger charge is -2.23. The number of piperidine rings is 1. The molecule has 0 saturated carbocycles. The van der Waals surface area contributed by atoms with E-state index < -0.39 is 0 Å². The monoisotopic (exact) mass is 259 g/mol. The molecule has 1 unspecified atom stereocenters. The van der Waals surface area contributed by atoms with Gasteiger partial charge in [-0.05, 0) is 19.4 Å². The zero-order valence-corrected chi connectivity index (χ0v) is 10.4. The van der Waals surface area contributed by atoms with Crippen LogP contribution in [0.2, 0.25) is 0 Å². The standard InChI is InChI=1S/C10H17N5O.ClH/c16-10(3-6-15-7-5-12-14-15)13-9-2-1-4-11-8-9;/h5,7,9,11H,1-4,6,8H2,(H,13,16);1H. The third-order valence-electron chi connectivity index (χ3n) is 2.70. The Kier molecular flexibility index (Phi) is 5.93. The Labute approximate surface area is 107 Å². The van der Waals surface area contributed by atoms with E-state index in [9.17, 15) is 4.79 Å². The molecular formula is C10H18ClN5O. The highest BCUT2D eigenvalue weighted by molar-refractivity contribution is 5.85. The number of hydrogen-bond acceptors (Lipinski definition) is 4. The number of carbonyl (C=O) groups excluding carboxylic acids is 1. The minimum Gasteiger partial charge on any atom is -0.352 e. The van der Waals surface area contributed by atoms with Crippen molar-refractivity contribution in [1.82, 2.24) is 25.6 Å². The molecule has 1 aromatic rings. The summed E-state index contributed by atoms with van der Waals surface area (Å²) in [5, 5.41) is 13.8. The molecule has 1 saturated heterocycles. The number of carbonyl (C=O) groups is 1. The summed E-state index contributed by atoms with van der Waals surface area (Å²) in [7, 11) is 0. The van der Waals surface area contributed by atoms with Crippen molar-refractivity contribution in [3.8, 4) is 0 Å². The molecule has 0 aromatic carbocycles. The van der Waals surface area contributed by atoms with Crippen LogP contribution in [-0.2, 0) is 11.3 Å². The second-order valence-corrected chi connectivity index (χ2v) is 4.03. The first-order valence-electron chi connectivity index (χ1n) is 5.69. The summed E-state index contributed by atoms with van der Waals surface area (Å²) in [4.78, 5) is 11.6. The van der Waals surface area contributed by atoms with Crippen LogP contribution in [0.4, 0.5) is 0 Å². The van der Waals surface area contributed by atoms with E-state index in [1.807, 2.05) is 0 Å². The second kappa shape index (κ2) is 7.24. The van der Waals surface area contributed by atoms with Crippen LogP contribution < -0.4 is 10.6 Å². The van der Waals surface area contributed by atoms with E-state index in [4.69, 9.17) is 0 Å². The first kappa shape index (κ1) is 13.9. The van der Waals surface area contributed by atoms with Gasteiger partial charge >= 0.3 is 0 Å². The Bertz CT molecular complexity index is 323. The van der Waals surface area contributed by atoms with E-state index in [0.29, 0.717) is 13.0 Å². The molecule has 0 spiro atoms. The lowest BCUT2D eigenvalue weighted by Crippen LogP contribution is -2.45. The molecule has 1 amide bonds. The van der Waals surface area contributed by atoms with E-state index in [1.54, 1.807) is 17.1 Å². The van der Waals surface area contributed by atoms with Gasteiger partial charge in [0.25, 0.3) is 0 Å². The number of aromatic nitrogens is 3. The lowest BCUT2D eigenvalue weighted by atomic mass is 10.1. The van der Waals surface area contributed by atoms with E-state index in [2.05, 4.69) is 20.9 Å². The van der Waals surface area contributed by atoms with Crippen LogP contribution in [0, 0.1) is 0 Å². The van der Waals surface area contributed by atoms with E-state index in [0.717, 1.165) is 25.9 Å². The topological polar surface area (TPSA) is 71.8 Å². The molecule has 96 valence electrons. The highest BCUT2D eigenvalue weighted by atomic mass is 35.5. The summed E-state index contributed by atoms with van der Waals surface area (Å²) in [6.07, 6.45) is 6.04. The number of hydrogen-bond donors (Lipinski definition) is 2. The average Bonchev–Trinajstić information content (AvgIpc) is 2.81. The molecule has 7 heteroatoms. The Hall–Kier alpha value is -1.14. The van der Waals surface area contributed by atoms with Crippen LogP contribution >= 0.6 is 12.4 Å². The van der Waals surface area contributed by atoms with Crippen molar-refractivity contribution < 1.29 is 4.79 Å². The molecule has 2 rings (SSSR count). The molecule has 1 aromatic heterocycles. The fraction of sp³-hybridized carbons (Fsp3) is 0.700. The summed E-state index contributed by atoms with van der Waals surface area (Å²) >= 11 is 0. The molecule has 0 aliphatic carbocycles. The van der Waals surface area contributed by atoms with Crippen molar-refractivity contribution in [2.24, 2.45) is 0 Å². The predicted octanol–water partition coefficient (Wildman–Crippen LogP) is -0.0418. The van der Waals surface area contributed by atoms with Crippen molar-refractivity contribution in [2.75, 3.05) is 13.1 Å². The Morgan fingerprint density at radius 3 is 3.12 bits per heavy atom. The van der Waals surface area contributed by atoms with Gasteiger partial charge < -0.3 is 10.6 Å². The number of aryl methyl sites for hydroxylation is 1. The SMILES string of the molecule is Cl.O=C(CCn1ccnn1)NC1CCCNC1. The van der Waals surface area contributed by atoms with Gasteiger partial charge in [-0.3, -0.25) is 9.48 Å². The zero-order chi connectivity index (χ0) is 11.2. The summed E-state index contributed by atoms with van der Waals surface area (Å²) in [5.74, 6) is 0.0872. The van der Waals surface area contributed by atoms with Crippen LogP contribution in [0.3, 0.4) is 0 Å². The van der Waals surface area contributed by atoms with Gasteiger partial charge in [-0.1, -0.05) is 5.21 Å². The summed E-state index contributed by atoms with van der Waals surface area (Å²) < 4.78 is 1.67. The van der Waals surface area contributed by atoms with Crippen molar-refractivity contribution in [3.05, 3.63) is 12.4 Å². The molecule has 2 N–H and O–H groups in total. The highest BCUT2D eigenvalue weighted by Gasteiger charge is 2.14. The van der Waals surface area contributed by atoms with Gasteiger partial charge in [0, 0.05) is 25.2 Å². The molecule has 2 heterocycles. The van der Waals surface area contributed by atoms with Crippen LogP contribution in [0.5, 0.6) is 0 Å². The van der Waals surface area contributed by atoms with Crippen LogP contribution in [0.15, 0.2) is 12.4 Å². The molecule has 1 aliphatic heterocycles. The van der Waals surface area contributed by atoms with Crippen LogP contribution in [0.25, 0.3) is 0 Å². The summed E-state index contributed by atoms with van der Waals surface area (Å²) in [6.45, 7) is 2.53. The van der Waals surface area contributed by atoms with Gasteiger partial charge in [0.1, 0.15) is 0 Å². The van der Waals surface area contributed by atoms with Gasteiger partial charge in [0.05, 0.1) is 12.7 Å². The van der Waals surface area contributed by atoms with Gasteiger partial charge in [-0.25, -0.2) is 0 Å². The van der Waals surface area contributed by atoms with E-state index >= 15 is 0 Å². The summed E-state index contributed by atoms with van der Waals surface area (Å²) in [6, 6.07) is 0.289. The normalized spacial score (nSPS) is 19.4. The number of nitrogens with one attached hydrogen (secondary N) is 2. The fourth-order valence-corrected chi connectivity index (χ4v) is 1.84. The highest BCUT2D eigenvalue weighted by Crippen LogP contribution is 2.01. The number of halogens is 1. The molecule has 0 bridgehead atoms. The van der Waals surface area contributed by atoms with Crippen LogP contribution in [-0.4, -0.2) is 40.0 Å². The minimum absolute atomic E-state index is 0. The Balaban J connectivity index is 0.00000144. The third kappa shape index (κ3) is 4.70. The van der Waals surface area contributed by atoms with Gasteiger partial charge in [-0.2, -0.15) is 0 Å². The molecular weight excluding hydrogens is 242 g/mol. The van der Waals surface area contributed by atoms with Crippen molar-refractivity contribution in [2.45, 2.75) is 31.8 Å². The first-order chi connectivity index (χ1) is 7.84. The van der Waals surface area contributed by atoms with Crippen molar-refractivity contribution in [3.63, 3.8) is 0 Å². The maximum atomic E-state index is 11.6. The van der Waals surface area contributed by atoms with Crippen LogP contribution in [0.1, 0.15) is 19.3 Å². The quantitative estimate of drug-likeness (QED) is 0.796. The van der Waals surface area contributed by atoms with E-state index in [-0.39, 0.29) is 24.4 Å². The maximum Gasteiger partial charge on any atom is 0.222 e. The van der Waals surface area contributed by atoms with Gasteiger partial charge in [0.15, 0.2) is 0 Å². The fourth-order valence-electron chi connectivity index (χ4n) is 1.84. The predicted molar refractivity (Wildman–Crippen MR) is 65.9 cm³/mol. The Morgan fingerprint density at radius 2 is 2.47 bits per heavy atom. The van der Waals surface area contributed by atoms with Gasteiger partial charge in [0.2, 0.25) is 5.91 Å².